The number of carbonyl (C=O) groups excluding carboxylic acids is 3. The first kappa shape index (κ1) is 60.3. The van der Waals surface area contributed by atoms with Crippen LogP contribution in [0, 0.1) is 11.8 Å². The Morgan fingerprint density at radius 3 is 2.07 bits per heavy atom. The van der Waals surface area contributed by atoms with Gasteiger partial charge in [-0.05, 0) is 70.3 Å². The first-order valence-electron chi connectivity index (χ1n) is 25.1. The zero-order chi connectivity index (χ0) is 49.3. The predicted molar refractivity (Wildman–Crippen MR) is 257 cm³/mol. The van der Waals surface area contributed by atoms with Gasteiger partial charge in [-0.15, -0.1) is 0 Å². The molecular formula is C51H85O15P. The molecule has 0 spiro atoms. The molecule has 384 valence electrons. The smallest absolute Gasteiger partial charge is 0.462 e. The van der Waals surface area contributed by atoms with Crippen LogP contribution in [0.2, 0.25) is 0 Å². The molecule has 11 atom stereocenters. The number of aliphatic hydroxyl groups excluding tert-OH is 6. The summed E-state index contributed by atoms with van der Waals surface area (Å²) >= 11 is 0. The highest BCUT2D eigenvalue weighted by Crippen LogP contribution is 2.47. The Balaban J connectivity index is 2.01. The maximum atomic E-state index is 13.6. The van der Waals surface area contributed by atoms with Crippen molar-refractivity contribution in [1.29, 1.82) is 0 Å². The topological polar surface area (TPSA) is 247 Å². The summed E-state index contributed by atoms with van der Waals surface area (Å²) in [5.41, 5.74) is 0. The number of hydrogen-bond acceptors (Lipinski definition) is 14. The Morgan fingerprint density at radius 1 is 0.791 bits per heavy atom. The molecule has 0 aromatic carbocycles. The van der Waals surface area contributed by atoms with Crippen molar-refractivity contribution in [2.75, 3.05) is 13.2 Å². The number of aliphatic hydroxyl groups is 6. The van der Waals surface area contributed by atoms with Crippen LogP contribution in [-0.4, -0.2) is 115 Å². The predicted octanol–water partition coefficient (Wildman–Crippen LogP) is 8.12. The molecule has 2 aliphatic rings. The Labute approximate surface area is 400 Å². The molecule has 2 rings (SSSR count). The molecule has 0 saturated carbocycles. The highest BCUT2D eigenvalue weighted by molar-refractivity contribution is 7.47. The van der Waals surface area contributed by atoms with Crippen LogP contribution in [-0.2, 0) is 37.5 Å². The Kier molecular flexibility index (Phi) is 32.6. The van der Waals surface area contributed by atoms with Crippen LogP contribution in [0.5, 0.6) is 0 Å². The molecule has 16 heteroatoms. The second-order valence-electron chi connectivity index (χ2n) is 18.0. The van der Waals surface area contributed by atoms with Crippen LogP contribution in [0.4, 0.5) is 0 Å². The van der Waals surface area contributed by atoms with E-state index in [4.69, 9.17) is 18.5 Å². The lowest BCUT2D eigenvalue weighted by Crippen LogP contribution is -2.55. The van der Waals surface area contributed by atoms with E-state index in [1.54, 1.807) is 12.2 Å². The van der Waals surface area contributed by atoms with Crippen LogP contribution in [0.15, 0.2) is 60.8 Å². The molecule has 1 aliphatic carbocycles. The molecular weight excluding hydrogens is 884 g/mol. The first-order valence-corrected chi connectivity index (χ1v) is 26.6. The number of cyclic esters (lactones) is 1. The van der Waals surface area contributed by atoms with E-state index in [0.29, 0.717) is 32.1 Å². The molecule has 1 aliphatic heterocycles. The molecule has 0 amide bonds. The van der Waals surface area contributed by atoms with Crippen molar-refractivity contribution in [2.24, 2.45) is 11.8 Å². The monoisotopic (exact) mass is 969 g/mol. The number of hydrogen-bond donors (Lipinski definition) is 7. The second-order valence-corrected chi connectivity index (χ2v) is 19.4. The summed E-state index contributed by atoms with van der Waals surface area (Å²) < 4.78 is 34.7. The number of ether oxygens (including phenoxy) is 2. The van der Waals surface area contributed by atoms with Gasteiger partial charge in [-0.3, -0.25) is 23.4 Å². The minimum atomic E-state index is -5.42. The summed E-state index contributed by atoms with van der Waals surface area (Å²) in [7, 11) is -5.42. The molecule has 0 aromatic rings. The van der Waals surface area contributed by atoms with Gasteiger partial charge < -0.3 is 45.0 Å². The minimum absolute atomic E-state index is 0.0258. The molecule has 0 saturated heterocycles. The summed E-state index contributed by atoms with van der Waals surface area (Å²) in [6.07, 6.45) is 21.7. The molecule has 1 unspecified atom stereocenters. The van der Waals surface area contributed by atoms with E-state index in [0.717, 1.165) is 57.4 Å². The quantitative estimate of drug-likeness (QED) is 0.0187. The van der Waals surface area contributed by atoms with Crippen molar-refractivity contribution >= 4 is 25.5 Å². The number of esters is 2. The zero-order valence-electron chi connectivity index (χ0n) is 40.3. The van der Waals surface area contributed by atoms with Crippen molar-refractivity contribution in [2.45, 2.75) is 217 Å². The fourth-order valence-electron chi connectivity index (χ4n) is 7.87. The maximum absolute atomic E-state index is 13.6. The van der Waals surface area contributed by atoms with Gasteiger partial charge in [0.2, 0.25) is 0 Å². The normalized spacial score (nSPS) is 30.0. The van der Waals surface area contributed by atoms with Gasteiger partial charge in [0.05, 0.1) is 30.8 Å². The van der Waals surface area contributed by atoms with Gasteiger partial charge in [0, 0.05) is 18.8 Å². The van der Waals surface area contributed by atoms with E-state index in [1.807, 2.05) is 6.92 Å². The Bertz CT molecular complexity index is 1560. The fraction of sp³-hybridized carbons (Fsp3) is 0.745. The number of allylic oxidation sites excluding steroid dienone is 7. The lowest BCUT2D eigenvalue weighted by atomic mass is 9.87. The van der Waals surface area contributed by atoms with Gasteiger partial charge in [-0.1, -0.05) is 146 Å². The molecule has 15 nitrogen and oxygen atoms in total. The zero-order valence-corrected chi connectivity index (χ0v) is 41.2. The number of phosphoric ester groups is 1. The van der Waals surface area contributed by atoms with Gasteiger partial charge in [0.1, 0.15) is 31.0 Å². The molecule has 0 radical (unpaired) electrons. The van der Waals surface area contributed by atoms with Gasteiger partial charge in [0.25, 0.3) is 0 Å². The van der Waals surface area contributed by atoms with Crippen molar-refractivity contribution in [3.63, 3.8) is 0 Å². The van der Waals surface area contributed by atoms with Gasteiger partial charge in [-0.25, -0.2) is 4.57 Å². The summed E-state index contributed by atoms with van der Waals surface area (Å²) in [6.45, 7) is 2.84. The number of phosphoric acid groups is 1. The van der Waals surface area contributed by atoms with Crippen molar-refractivity contribution in [3.05, 3.63) is 60.8 Å². The SMILES string of the molecule is CCCCC/C=C\C/C=C\CCCCCCCCCCCC(=O)OC[C@@H]1COP(=O)(O)O[C@H]2[C@H](O)[C@@H](O)[C@H](O)[C@H](/C=C\C(=O)[C@H](/C=C/[C@@H](O)CCCCC)[C@@H](O)[C@H]2O)C/C=C\CCCC(=O)O1. The number of unbranched alkanes of at least 4 members (excludes halogenated alkanes) is 14. The first-order chi connectivity index (χ1) is 32.2. The number of fused-ring (bicyclic) bond motifs is 4. The van der Waals surface area contributed by atoms with E-state index in [9.17, 15) is 54.5 Å². The molecule has 0 fully saturated rings. The second kappa shape index (κ2) is 36.2. The Morgan fingerprint density at radius 2 is 1.40 bits per heavy atom. The third-order valence-electron chi connectivity index (χ3n) is 12.1. The summed E-state index contributed by atoms with van der Waals surface area (Å²) in [5.74, 6) is -4.63. The lowest BCUT2D eigenvalue weighted by Gasteiger charge is -2.36. The van der Waals surface area contributed by atoms with Gasteiger partial charge in [-0.2, -0.15) is 0 Å². The van der Waals surface area contributed by atoms with E-state index in [1.165, 1.54) is 69.6 Å². The maximum Gasteiger partial charge on any atom is 0.472 e. The third kappa shape index (κ3) is 26.7. The lowest BCUT2D eigenvalue weighted by molar-refractivity contribution is -0.164. The largest absolute Gasteiger partial charge is 0.472 e. The third-order valence-corrected chi connectivity index (χ3v) is 13.1. The van der Waals surface area contributed by atoms with Crippen molar-refractivity contribution in [1.82, 2.24) is 0 Å². The van der Waals surface area contributed by atoms with Crippen LogP contribution in [0.3, 0.4) is 0 Å². The van der Waals surface area contributed by atoms with E-state index in [2.05, 4.69) is 31.2 Å². The number of ketones is 1. The summed E-state index contributed by atoms with van der Waals surface area (Å²) in [4.78, 5) is 50.0. The minimum Gasteiger partial charge on any atom is -0.462 e. The average Bonchev–Trinajstić information content (AvgIpc) is 3.30. The van der Waals surface area contributed by atoms with Crippen LogP contribution >= 0.6 is 7.82 Å². The van der Waals surface area contributed by atoms with Gasteiger partial charge >= 0.3 is 19.8 Å². The molecule has 2 bridgehead atoms. The highest BCUT2D eigenvalue weighted by atomic mass is 31.2. The van der Waals surface area contributed by atoms with E-state index in [-0.39, 0.29) is 19.3 Å². The average molecular weight is 969 g/mol. The fourth-order valence-corrected chi connectivity index (χ4v) is 8.85. The van der Waals surface area contributed by atoms with Crippen molar-refractivity contribution in [3.8, 4) is 0 Å². The van der Waals surface area contributed by atoms with Crippen LogP contribution < -0.4 is 0 Å². The molecule has 1 heterocycles. The molecule has 7 N–H and O–H groups in total. The van der Waals surface area contributed by atoms with Gasteiger partial charge in [0.15, 0.2) is 11.9 Å². The number of carbonyl (C=O) groups is 3. The molecule has 67 heavy (non-hydrogen) atoms. The van der Waals surface area contributed by atoms with E-state index < -0.39 is 99.4 Å². The van der Waals surface area contributed by atoms with Crippen LogP contribution in [0.1, 0.15) is 168 Å². The summed E-state index contributed by atoms with van der Waals surface area (Å²) in [6, 6.07) is 0. The van der Waals surface area contributed by atoms with Crippen LogP contribution in [0.25, 0.3) is 0 Å². The number of rotatable bonds is 26. The highest BCUT2D eigenvalue weighted by Gasteiger charge is 2.47. The Hall–Kier alpha value is -2.82. The summed E-state index contributed by atoms with van der Waals surface area (Å²) in [5, 5.41) is 67.0. The standard InChI is InChI=1S/C51H85O15P/c1-3-5-7-8-9-10-11-12-13-14-15-16-17-18-19-20-21-22-27-31-44(54)63-37-41-38-64-67(61,62)66-51-49(59)47(57)42(35-34-40(52)30-25-6-4-2)43(53)36-33-39(46(56)48(58)50(51)60)29-26-23-24-28-32-45(55)65-41/h9-10,12-13,23,26,33-36,39-42,46-52,56-60H,3-8,11,14-22,24-25,27-32,37-38H2,1-2H3,(H,61,62)/b10-9-,13-12-,26-23-,35-34+,36-33-/t39-,40-,41+,42-,46+,47+,48-,49+,50+,51+/m0/s1. The molecule has 0 aromatic heterocycles. The van der Waals surface area contributed by atoms with E-state index >= 15 is 0 Å². The van der Waals surface area contributed by atoms with Crippen molar-refractivity contribution < 1.29 is 73.0 Å².